The molecule has 224 valence electrons. The minimum Gasteiger partial charge on any atom is -0.508 e. The van der Waals surface area contributed by atoms with Gasteiger partial charge in [0.15, 0.2) is 0 Å². The third-order valence-electron chi connectivity index (χ3n) is 6.70. The van der Waals surface area contributed by atoms with Gasteiger partial charge in [0.25, 0.3) is 0 Å². The highest BCUT2D eigenvalue weighted by Gasteiger charge is 2.33. The van der Waals surface area contributed by atoms with E-state index in [1.54, 1.807) is 32.2 Å². The fourth-order valence-corrected chi connectivity index (χ4v) is 4.41. The van der Waals surface area contributed by atoms with Crippen LogP contribution < -0.4 is 21.7 Å². The van der Waals surface area contributed by atoms with Crippen molar-refractivity contribution < 1.29 is 39.3 Å². The number of nitrogens with two attached hydrogens (primary N) is 1. The van der Waals surface area contributed by atoms with Gasteiger partial charge in [-0.2, -0.15) is 0 Å². The lowest BCUT2D eigenvalue weighted by molar-refractivity contribution is -0.147. The highest BCUT2D eigenvalue weighted by Crippen LogP contribution is 2.20. The Balaban J connectivity index is 1.82. The normalized spacial score (nSPS) is 14.0. The lowest BCUT2D eigenvalue weighted by atomic mass is 9.99. The number of para-hydroxylation sites is 1. The molecule has 0 fully saturated rings. The van der Waals surface area contributed by atoms with Crippen LogP contribution in [0, 0.1) is 5.92 Å². The van der Waals surface area contributed by atoms with Crippen molar-refractivity contribution in [1.29, 1.82) is 0 Å². The highest BCUT2D eigenvalue weighted by molar-refractivity contribution is 5.95. The summed E-state index contributed by atoms with van der Waals surface area (Å²) in [6.07, 6.45) is 1.03. The number of amides is 3. The fourth-order valence-electron chi connectivity index (χ4n) is 4.41. The number of benzene rings is 2. The maximum Gasteiger partial charge on any atom is 0.326 e. The van der Waals surface area contributed by atoms with Crippen LogP contribution in [-0.2, 0) is 36.8 Å². The van der Waals surface area contributed by atoms with Crippen LogP contribution in [0.15, 0.2) is 54.7 Å². The summed E-state index contributed by atoms with van der Waals surface area (Å²) in [6.45, 7) is 3.25. The van der Waals surface area contributed by atoms with Gasteiger partial charge in [-0.1, -0.05) is 44.2 Å². The maximum absolute atomic E-state index is 13.6. The molecule has 0 spiro atoms. The number of hydrogen-bond donors (Lipinski definition) is 8. The smallest absolute Gasteiger partial charge is 0.326 e. The van der Waals surface area contributed by atoms with Gasteiger partial charge in [-0.3, -0.25) is 19.2 Å². The number of rotatable bonds is 14. The van der Waals surface area contributed by atoms with Gasteiger partial charge in [-0.15, -0.1) is 0 Å². The molecule has 4 unspecified atom stereocenters. The average Bonchev–Trinajstić information content (AvgIpc) is 3.34. The van der Waals surface area contributed by atoms with Crippen molar-refractivity contribution in [2.24, 2.45) is 11.7 Å². The molecule has 3 amide bonds. The number of carboxylic acids is 2. The van der Waals surface area contributed by atoms with Crippen LogP contribution in [0.25, 0.3) is 10.9 Å². The number of nitrogens with one attached hydrogen (secondary N) is 4. The van der Waals surface area contributed by atoms with Gasteiger partial charge in [0.2, 0.25) is 17.7 Å². The summed E-state index contributed by atoms with van der Waals surface area (Å²) in [5.41, 5.74) is 8.37. The van der Waals surface area contributed by atoms with Gasteiger partial charge in [-0.25, -0.2) is 4.79 Å². The Labute approximate surface area is 241 Å². The van der Waals surface area contributed by atoms with Gasteiger partial charge in [0.1, 0.15) is 23.9 Å². The Hall–Kier alpha value is -4.91. The van der Waals surface area contributed by atoms with E-state index in [0.29, 0.717) is 5.56 Å². The summed E-state index contributed by atoms with van der Waals surface area (Å²) in [7, 11) is 0. The van der Waals surface area contributed by atoms with E-state index in [0.717, 1.165) is 16.5 Å². The van der Waals surface area contributed by atoms with Crippen LogP contribution >= 0.6 is 0 Å². The molecule has 9 N–H and O–H groups in total. The van der Waals surface area contributed by atoms with Gasteiger partial charge in [0, 0.05) is 23.5 Å². The van der Waals surface area contributed by atoms with Crippen molar-refractivity contribution in [2.45, 2.75) is 57.3 Å². The molecule has 4 atom stereocenters. The van der Waals surface area contributed by atoms with Crippen molar-refractivity contribution >= 4 is 40.6 Å². The molecular weight excluding hydrogens is 546 g/mol. The summed E-state index contributed by atoms with van der Waals surface area (Å²) in [5, 5.41) is 36.1. The number of hydrogen-bond acceptors (Lipinski definition) is 7. The second kappa shape index (κ2) is 14.1. The fraction of sp³-hybridized carbons (Fsp3) is 0.345. The number of carbonyl (C=O) groups is 5. The zero-order chi connectivity index (χ0) is 31.0. The molecule has 13 heteroatoms. The first-order valence-corrected chi connectivity index (χ1v) is 13.3. The number of carbonyl (C=O) groups excluding carboxylic acids is 3. The number of aromatic nitrogens is 1. The molecule has 0 aliphatic heterocycles. The molecule has 3 rings (SSSR count). The largest absolute Gasteiger partial charge is 0.508 e. The zero-order valence-corrected chi connectivity index (χ0v) is 23.2. The number of phenols is 1. The SMILES string of the molecule is CC(C)C(NC(=O)C(Cc1c[nH]c2ccccc12)NC(=O)C(N)Cc1ccc(O)cc1)C(=O)NC(CC(=O)O)C(=O)O. The molecule has 0 radical (unpaired) electrons. The van der Waals surface area contributed by atoms with Crippen LogP contribution in [-0.4, -0.2) is 74.1 Å². The van der Waals surface area contributed by atoms with E-state index < -0.39 is 66.2 Å². The van der Waals surface area contributed by atoms with E-state index in [4.69, 9.17) is 10.8 Å². The minimum atomic E-state index is -1.70. The molecule has 1 heterocycles. The van der Waals surface area contributed by atoms with Crippen LogP contribution in [0.4, 0.5) is 0 Å². The third-order valence-corrected chi connectivity index (χ3v) is 6.70. The average molecular weight is 582 g/mol. The lowest BCUT2D eigenvalue weighted by Gasteiger charge is -2.27. The van der Waals surface area contributed by atoms with E-state index in [2.05, 4.69) is 20.9 Å². The molecule has 0 saturated heterocycles. The van der Waals surface area contributed by atoms with Crippen molar-refractivity contribution in [1.82, 2.24) is 20.9 Å². The van der Waals surface area contributed by atoms with E-state index >= 15 is 0 Å². The number of H-pyrrole nitrogens is 1. The summed E-state index contributed by atoms with van der Waals surface area (Å²) >= 11 is 0. The Morgan fingerprint density at radius 3 is 2.10 bits per heavy atom. The van der Waals surface area contributed by atoms with E-state index in [1.165, 1.54) is 12.1 Å². The predicted octanol–water partition coefficient (Wildman–Crippen LogP) is 0.656. The molecular formula is C29H35N5O8. The van der Waals surface area contributed by atoms with Gasteiger partial charge >= 0.3 is 11.9 Å². The first-order valence-electron chi connectivity index (χ1n) is 13.3. The number of aliphatic carboxylic acids is 2. The van der Waals surface area contributed by atoms with Crippen molar-refractivity contribution in [3.05, 3.63) is 65.9 Å². The topological polar surface area (TPSA) is 224 Å². The van der Waals surface area contributed by atoms with Gasteiger partial charge < -0.3 is 42.0 Å². The van der Waals surface area contributed by atoms with Crippen LogP contribution in [0.2, 0.25) is 0 Å². The molecule has 0 aliphatic rings. The first-order chi connectivity index (χ1) is 19.8. The van der Waals surface area contributed by atoms with Crippen LogP contribution in [0.5, 0.6) is 5.75 Å². The highest BCUT2D eigenvalue weighted by atomic mass is 16.4. The third kappa shape index (κ3) is 8.54. The lowest BCUT2D eigenvalue weighted by Crippen LogP contribution is -2.59. The number of aromatic hydroxyl groups is 1. The molecule has 0 aliphatic carbocycles. The van der Waals surface area contributed by atoms with E-state index in [1.807, 2.05) is 24.3 Å². The predicted molar refractivity (Wildman–Crippen MR) is 152 cm³/mol. The number of fused-ring (bicyclic) bond motifs is 1. The van der Waals surface area contributed by atoms with Gasteiger partial charge in [0.05, 0.1) is 12.5 Å². The van der Waals surface area contributed by atoms with Crippen molar-refractivity contribution in [3.63, 3.8) is 0 Å². The number of aromatic amines is 1. The second-order valence-corrected chi connectivity index (χ2v) is 10.3. The Morgan fingerprint density at radius 2 is 1.48 bits per heavy atom. The molecule has 1 aromatic heterocycles. The maximum atomic E-state index is 13.6. The summed E-state index contributed by atoms with van der Waals surface area (Å²) in [5.74, 6) is -5.63. The quantitative estimate of drug-likeness (QED) is 0.134. The van der Waals surface area contributed by atoms with Crippen molar-refractivity contribution in [3.8, 4) is 5.75 Å². The Kier molecular flexibility index (Phi) is 10.6. The summed E-state index contributed by atoms with van der Waals surface area (Å²) < 4.78 is 0. The Bertz CT molecular complexity index is 1440. The van der Waals surface area contributed by atoms with Crippen LogP contribution in [0.3, 0.4) is 0 Å². The molecule has 13 nitrogen and oxygen atoms in total. The number of carboxylic acid groups (broad SMARTS) is 2. The summed E-state index contributed by atoms with van der Waals surface area (Å²) in [4.78, 5) is 65.3. The summed E-state index contributed by atoms with van der Waals surface area (Å²) in [6, 6.07) is 8.42. The van der Waals surface area contributed by atoms with Gasteiger partial charge in [-0.05, 0) is 41.7 Å². The standard InChI is InChI=1S/C29H35N5O8/c1-15(2)25(28(40)33-23(29(41)42)13-24(36)37)34-27(39)22(12-17-14-31-21-6-4-3-5-19(17)21)32-26(38)20(30)11-16-7-9-18(35)10-8-16/h3-10,14-15,20,22-23,25,31,35H,11-13,30H2,1-2H3,(H,32,38)(H,33,40)(H,34,39)(H,36,37)(H,41,42). The Morgan fingerprint density at radius 1 is 0.833 bits per heavy atom. The molecule has 2 aromatic carbocycles. The van der Waals surface area contributed by atoms with E-state index in [9.17, 15) is 34.2 Å². The molecule has 0 bridgehead atoms. The van der Waals surface area contributed by atoms with E-state index in [-0.39, 0.29) is 18.6 Å². The molecule has 3 aromatic rings. The minimum absolute atomic E-state index is 0.0384. The van der Waals surface area contributed by atoms with Crippen LogP contribution in [0.1, 0.15) is 31.4 Å². The second-order valence-electron chi connectivity index (χ2n) is 10.3. The first kappa shape index (κ1) is 31.6. The monoisotopic (exact) mass is 581 g/mol. The number of phenolic OH excluding ortho intramolecular Hbond substituents is 1. The zero-order valence-electron chi connectivity index (χ0n) is 23.2. The molecule has 42 heavy (non-hydrogen) atoms. The molecule has 0 saturated carbocycles. The van der Waals surface area contributed by atoms with Crippen molar-refractivity contribution in [2.75, 3.05) is 0 Å².